The maximum Gasteiger partial charge on any atom is 0.415 e. The topological polar surface area (TPSA) is 77.5 Å². The number of hydrogen-bond donors (Lipinski definition) is 1. The van der Waals surface area contributed by atoms with Crippen molar-refractivity contribution in [1.82, 2.24) is 20.2 Å². The van der Waals surface area contributed by atoms with Crippen LogP contribution in [0.25, 0.3) is 6.08 Å². The number of hydrazine groups is 1. The molecule has 10 heteroatoms. The summed E-state index contributed by atoms with van der Waals surface area (Å²) in [6.45, 7) is 11.1. The van der Waals surface area contributed by atoms with Gasteiger partial charge in [-0.15, -0.1) is 0 Å². The van der Waals surface area contributed by atoms with Crippen LogP contribution in [-0.4, -0.2) is 77.8 Å². The van der Waals surface area contributed by atoms with Crippen LogP contribution in [0.2, 0.25) is 0 Å². The van der Waals surface area contributed by atoms with Gasteiger partial charge in [0.1, 0.15) is 11.6 Å². The molecule has 1 aromatic rings. The summed E-state index contributed by atoms with van der Waals surface area (Å²) in [6, 6.07) is 3.95. The number of carbonyl (C=O) groups excluding carboxylic acids is 2. The average molecular weight is 478 g/mol. The molecule has 0 spiro atoms. The fourth-order valence-electron chi connectivity index (χ4n) is 3.56. The Kier molecular flexibility index (Phi) is 9.28. The van der Waals surface area contributed by atoms with E-state index in [-0.39, 0.29) is 11.7 Å². The summed E-state index contributed by atoms with van der Waals surface area (Å²) in [4.78, 5) is 33.6. The predicted molar refractivity (Wildman–Crippen MR) is 129 cm³/mol. The van der Waals surface area contributed by atoms with Crippen LogP contribution in [0.4, 0.5) is 9.18 Å². The monoisotopic (exact) mass is 477 g/mol. The smallest absolute Gasteiger partial charge is 0.409 e. The predicted octanol–water partition coefficient (Wildman–Crippen LogP) is 3.56. The first-order chi connectivity index (χ1) is 15.9. The summed E-state index contributed by atoms with van der Waals surface area (Å²) in [6.07, 6.45) is 3.16. The fourth-order valence-corrected chi connectivity index (χ4v) is 4.47. The minimum atomic E-state index is -0.547. The molecule has 8 nitrogen and oxygen atoms in total. The van der Waals surface area contributed by atoms with Gasteiger partial charge in [0.25, 0.3) is 5.91 Å². The zero-order valence-corrected chi connectivity index (χ0v) is 20.3. The Hall–Kier alpha value is -2.43. The third kappa shape index (κ3) is 6.78. The lowest BCUT2D eigenvalue weighted by atomic mass is 10.2. The molecule has 0 aliphatic carbocycles. The highest BCUT2D eigenvalue weighted by molar-refractivity contribution is 8.18. The van der Waals surface area contributed by atoms with Gasteiger partial charge >= 0.3 is 6.09 Å². The third-order valence-corrected chi connectivity index (χ3v) is 6.64. The highest BCUT2D eigenvalue weighted by Crippen LogP contribution is 2.33. The van der Waals surface area contributed by atoms with Gasteiger partial charge in [-0.1, -0.05) is 13.8 Å². The van der Waals surface area contributed by atoms with Crippen molar-refractivity contribution in [2.45, 2.75) is 33.6 Å². The minimum Gasteiger partial charge on any atom is -0.409 e. The SMILES string of the molecule is CCN(CC)CCN(CC)C(=O)Oc1cc(F)ccc1C=C1SC(N2CCCCN2)=NC1=O. The quantitative estimate of drug-likeness (QED) is 0.574. The molecule has 33 heavy (non-hydrogen) atoms. The molecule has 0 atom stereocenters. The molecule has 1 fully saturated rings. The van der Waals surface area contributed by atoms with Gasteiger partial charge in [0.05, 0.1) is 4.91 Å². The van der Waals surface area contributed by atoms with Crippen molar-refractivity contribution in [1.29, 1.82) is 0 Å². The Bertz CT molecular complexity index is 913. The van der Waals surface area contributed by atoms with Gasteiger partial charge in [0, 0.05) is 44.4 Å². The molecule has 180 valence electrons. The summed E-state index contributed by atoms with van der Waals surface area (Å²) in [5, 5.41) is 2.48. The molecule has 1 N–H and O–H groups in total. The van der Waals surface area contributed by atoms with E-state index in [0.717, 1.165) is 45.6 Å². The molecular weight excluding hydrogens is 445 g/mol. The number of ether oxygens (including phenoxy) is 1. The van der Waals surface area contributed by atoms with Gasteiger partial charge in [-0.05, 0) is 62.8 Å². The number of likely N-dealkylation sites (N-methyl/N-ethyl adjacent to an activating group) is 2. The molecule has 0 unspecified atom stereocenters. The van der Waals surface area contributed by atoms with E-state index in [1.165, 1.54) is 30.0 Å². The van der Waals surface area contributed by atoms with Crippen molar-refractivity contribution < 1.29 is 18.7 Å². The van der Waals surface area contributed by atoms with Gasteiger partial charge < -0.3 is 14.5 Å². The molecule has 0 saturated carbocycles. The first-order valence-corrected chi connectivity index (χ1v) is 12.3. The van der Waals surface area contributed by atoms with Crippen LogP contribution in [0.5, 0.6) is 5.75 Å². The number of thioether (sulfide) groups is 1. The van der Waals surface area contributed by atoms with Crippen LogP contribution >= 0.6 is 11.8 Å². The Morgan fingerprint density at radius 1 is 1.24 bits per heavy atom. The molecule has 0 bridgehead atoms. The summed E-state index contributed by atoms with van der Waals surface area (Å²) >= 11 is 1.25. The lowest BCUT2D eigenvalue weighted by molar-refractivity contribution is -0.113. The van der Waals surface area contributed by atoms with Crippen molar-refractivity contribution >= 4 is 35.0 Å². The molecule has 2 aliphatic heterocycles. The molecule has 0 radical (unpaired) electrons. The Morgan fingerprint density at radius 2 is 2.03 bits per heavy atom. The highest BCUT2D eigenvalue weighted by atomic mass is 32.2. The van der Waals surface area contributed by atoms with E-state index in [1.54, 1.807) is 11.0 Å². The van der Waals surface area contributed by atoms with Gasteiger partial charge in [0.15, 0.2) is 5.17 Å². The Labute approximate surface area is 198 Å². The number of nitrogens with zero attached hydrogens (tertiary/aromatic N) is 4. The van der Waals surface area contributed by atoms with Gasteiger partial charge in [-0.2, -0.15) is 4.99 Å². The number of amidine groups is 1. The normalized spacial score (nSPS) is 17.6. The summed E-state index contributed by atoms with van der Waals surface area (Å²) in [7, 11) is 0. The number of rotatable bonds is 8. The maximum absolute atomic E-state index is 14.0. The van der Waals surface area contributed by atoms with E-state index in [1.807, 2.05) is 11.9 Å². The first kappa shape index (κ1) is 25.2. The number of benzene rings is 1. The number of aliphatic imine (C=N–C) groups is 1. The number of hydrogen-bond acceptors (Lipinski definition) is 7. The Balaban J connectivity index is 1.72. The number of halogens is 1. The van der Waals surface area contributed by atoms with Crippen LogP contribution in [0, 0.1) is 5.82 Å². The largest absolute Gasteiger partial charge is 0.415 e. The molecule has 2 amide bonds. The van der Waals surface area contributed by atoms with E-state index >= 15 is 0 Å². The second-order valence-corrected chi connectivity index (χ2v) is 8.74. The fraction of sp³-hybridized carbons (Fsp3) is 0.522. The molecule has 2 aliphatic rings. The second-order valence-electron chi connectivity index (χ2n) is 7.73. The highest BCUT2D eigenvalue weighted by Gasteiger charge is 2.27. The van der Waals surface area contributed by atoms with E-state index in [4.69, 9.17) is 4.74 Å². The lowest BCUT2D eigenvalue weighted by Gasteiger charge is -2.28. The van der Waals surface area contributed by atoms with Crippen LogP contribution in [0.15, 0.2) is 28.1 Å². The number of carbonyl (C=O) groups is 2. The van der Waals surface area contributed by atoms with Crippen LogP contribution < -0.4 is 10.2 Å². The van der Waals surface area contributed by atoms with Crippen molar-refractivity contribution in [2.75, 3.05) is 45.8 Å². The molecule has 1 saturated heterocycles. The minimum absolute atomic E-state index is 0.0757. The van der Waals surface area contributed by atoms with E-state index in [0.29, 0.717) is 28.7 Å². The van der Waals surface area contributed by atoms with Crippen molar-refractivity contribution in [3.8, 4) is 5.75 Å². The summed E-state index contributed by atoms with van der Waals surface area (Å²) in [5.41, 5.74) is 3.68. The molecule has 2 heterocycles. The van der Waals surface area contributed by atoms with Crippen LogP contribution in [-0.2, 0) is 4.79 Å². The van der Waals surface area contributed by atoms with E-state index < -0.39 is 11.9 Å². The molecule has 1 aromatic carbocycles. The van der Waals surface area contributed by atoms with E-state index in [9.17, 15) is 14.0 Å². The maximum atomic E-state index is 14.0. The second kappa shape index (κ2) is 12.2. The van der Waals surface area contributed by atoms with E-state index in [2.05, 4.69) is 29.2 Å². The van der Waals surface area contributed by atoms with Gasteiger partial charge in [-0.25, -0.2) is 14.6 Å². The molecule has 0 aromatic heterocycles. The standard InChI is InChI=1S/C23H32FN5O3S/c1-4-27(5-2)13-14-28(6-3)23(31)32-19-16-18(24)10-9-17(19)15-20-21(30)26-22(33-20)29-12-8-7-11-25-29/h9-10,15-16,25H,4-8,11-14H2,1-3H3. The number of amides is 2. The zero-order valence-electron chi connectivity index (χ0n) is 19.5. The van der Waals surface area contributed by atoms with Gasteiger partial charge in [0.2, 0.25) is 0 Å². The third-order valence-electron chi connectivity index (χ3n) is 5.63. The van der Waals surface area contributed by atoms with Crippen molar-refractivity contribution in [3.05, 3.63) is 34.5 Å². The van der Waals surface area contributed by atoms with Gasteiger partial charge in [-0.3, -0.25) is 9.80 Å². The summed E-state index contributed by atoms with van der Waals surface area (Å²) < 4.78 is 19.6. The molecular formula is C23H32FN5O3S. The van der Waals surface area contributed by atoms with Crippen LogP contribution in [0.3, 0.4) is 0 Å². The molecule has 3 rings (SSSR count). The number of nitrogens with one attached hydrogen (secondary N) is 1. The lowest BCUT2D eigenvalue weighted by Crippen LogP contribution is -2.45. The Morgan fingerprint density at radius 3 is 2.70 bits per heavy atom. The zero-order chi connectivity index (χ0) is 23.8. The van der Waals surface area contributed by atoms with Crippen LogP contribution in [0.1, 0.15) is 39.2 Å². The van der Waals surface area contributed by atoms with Crippen molar-refractivity contribution in [2.24, 2.45) is 4.99 Å². The van der Waals surface area contributed by atoms with Crippen molar-refractivity contribution in [3.63, 3.8) is 0 Å². The summed E-state index contributed by atoms with van der Waals surface area (Å²) in [5.74, 6) is -0.809. The first-order valence-electron chi connectivity index (χ1n) is 11.5. The average Bonchev–Trinajstić information content (AvgIpc) is 3.19.